The molecule has 2 aromatic carbocycles. The van der Waals surface area contributed by atoms with Gasteiger partial charge in [-0.2, -0.15) is 0 Å². The summed E-state index contributed by atoms with van der Waals surface area (Å²) >= 11 is 0. The van der Waals surface area contributed by atoms with Crippen molar-refractivity contribution >= 4 is 5.97 Å². The number of hydrogen-bond acceptors (Lipinski definition) is 5. The van der Waals surface area contributed by atoms with E-state index in [1.165, 1.54) is 0 Å². The predicted molar refractivity (Wildman–Crippen MR) is 123 cm³/mol. The van der Waals surface area contributed by atoms with Gasteiger partial charge in [0.15, 0.2) is 0 Å². The van der Waals surface area contributed by atoms with Crippen molar-refractivity contribution in [3.63, 3.8) is 0 Å². The maximum absolute atomic E-state index is 11.3. The van der Waals surface area contributed by atoms with E-state index in [2.05, 4.69) is 0 Å². The lowest BCUT2D eigenvalue weighted by molar-refractivity contribution is 0.0695. The number of rotatable bonds is 6. The van der Waals surface area contributed by atoms with Gasteiger partial charge in [-0.05, 0) is 61.1 Å². The second-order valence-electron chi connectivity index (χ2n) is 9.58. The number of ether oxygens (including phenoxy) is 2. The molecule has 1 unspecified atom stereocenters. The summed E-state index contributed by atoms with van der Waals surface area (Å²) in [5.41, 5.74) is 1.99. The average Bonchev–Trinajstić information content (AvgIpc) is 3.60. The standard InChI is InChI=1S/C27H30O6/c1-32-19-4-2-3-18(14-19)27(11-12-27)25(29)10-9-20-21-8-7-16-5-6-17(26(30)31)13-23(16)33-24(21)15-22(20)28/h2-6,9-10,13-14,20-22,24-25,28-29H,7-8,11-12,15H2,1H3,(H,30,31)/b10-9+/t20-,21-,22-,24+,25?/m1/s1. The molecule has 5 rings (SSSR count). The van der Waals surface area contributed by atoms with Crippen molar-refractivity contribution in [1.82, 2.24) is 0 Å². The fourth-order valence-corrected chi connectivity index (χ4v) is 5.62. The Balaban J connectivity index is 1.33. The van der Waals surface area contributed by atoms with Gasteiger partial charge in [-0.25, -0.2) is 4.79 Å². The Kier molecular flexibility index (Phi) is 5.67. The van der Waals surface area contributed by atoms with E-state index in [9.17, 15) is 20.1 Å². The topological polar surface area (TPSA) is 96.2 Å². The zero-order valence-corrected chi connectivity index (χ0v) is 18.7. The molecule has 174 valence electrons. The van der Waals surface area contributed by atoms with Gasteiger partial charge in [-0.15, -0.1) is 0 Å². The molecule has 33 heavy (non-hydrogen) atoms. The van der Waals surface area contributed by atoms with Crippen LogP contribution in [0, 0.1) is 11.8 Å². The zero-order valence-electron chi connectivity index (χ0n) is 18.7. The molecule has 2 fully saturated rings. The fraction of sp³-hybridized carbons (Fsp3) is 0.444. The molecule has 0 aromatic heterocycles. The van der Waals surface area contributed by atoms with Crippen LogP contribution in [0.3, 0.4) is 0 Å². The first kappa shape index (κ1) is 22.0. The summed E-state index contributed by atoms with van der Waals surface area (Å²) in [6.45, 7) is 0. The summed E-state index contributed by atoms with van der Waals surface area (Å²) in [6.07, 6.45) is 6.38. The van der Waals surface area contributed by atoms with Crippen LogP contribution < -0.4 is 9.47 Å². The van der Waals surface area contributed by atoms with E-state index in [1.54, 1.807) is 19.2 Å². The zero-order chi connectivity index (χ0) is 23.2. The van der Waals surface area contributed by atoms with Gasteiger partial charge in [0.05, 0.1) is 24.9 Å². The molecular formula is C27H30O6. The maximum atomic E-state index is 11.3. The van der Waals surface area contributed by atoms with Gasteiger partial charge in [-0.3, -0.25) is 0 Å². The highest BCUT2D eigenvalue weighted by Crippen LogP contribution is 2.52. The number of fused-ring (bicyclic) bond motifs is 2. The number of hydrogen-bond donors (Lipinski definition) is 3. The van der Waals surface area contributed by atoms with Crippen LogP contribution in [0.4, 0.5) is 0 Å². The minimum absolute atomic E-state index is 0.108. The van der Waals surface area contributed by atoms with E-state index in [0.29, 0.717) is 12.2 Å². The van der Waals surface area contributed by atoms with E-state index in [-0.39, 0.29) is 28.9 Å². The molecule has 2 aliphatic carbocycles. The Morgan fingerprint density at radius 2 is 2.06 bits per heavy atom. The van der Waals surface area contributed by atoms with Crippen molar-refractivity contribution in [3.8, 4) is 11.5 Å². The third-order valence-corrected chi connectivity index (χ3v) is 7.74. The van der Waals surface area contributed by atoms with Gasteiger partial charge < -0.3 is 24.8 Å². The lowest BCUT2D eigenvalue weighted by Gasteiger charge is -2.23. The molecule has 0 amide bonds. The first-order valence-electron chi connectivity index (χ1n) is 11.6. The van der Waals surface area contributed by atoms with E-state index in [0.717, 1.165) is 42.6 Å². The van der Waals surface area contributed by atoms with Crippen LogP contribution in [0.5, 0.6) is 11.5 Å². The van der Waals surface area contributed by atoms with Gasteiger partial charge in [0.1, 0.15) is 17.6 Å². The molecule has 1 aliphatic heterocycles. The number of aromatic carboxylic acids is 1. The number of carbonyl (C=O) groups is 1. The van der Waals surface area contributed by atoms with Crippen molar-refractivity contribution in [1.29, 1.82) is 0 Å². The molecule has 5 atom stereocenters. The lowest BCUT2D eigenvalue weighted by atomic mass is 9.85. The molecule has 2 aromatic rings. The fourth-order valence-electron chi connectivity index (χ4n) is 5.62. The van der Waals surface area contributed by atoms with Crippen LogP contribution in [-0.4, -0.2) is 46.7 Å². The SMILES string of the molecule is COc1cccc(C2(C(O)/C=C/[C@@H]3[C@H]4CCc5ccc(C(=O)O)cc5O[C@H]4C[C@H]3O)CC2)c1. The summed E-state index contributed by atoms with van der Waals surface area (Å²) < 4.78 is 11.6. The van der Waals surface area contributed by atoms with Crippen molar-refractivity contribution in [3.05, 3.63) is 71.3 Å². The number of aliphatic hydroxyl groups excluding tert-OH is 2. The number of aryl methyl sites for hydroxylation is 1. The number of methoxy groups -OCH3 is 1. The second-order valence-corrected chi connectivity index (χ2v) is 9.58. The third kappa shape index (κ3) is 4.02. The van der Waals surface area contributed by atoms with E-state index < -0.39 is 18.2 Å². The molecule has 0 saturated heterocycles. The van der Waals surface area contributed by atoms with Gasteiger partial charge in [0.2, 0.25) is 0 Å². The Labute approximate surface area is 193 Å². The Hall–Kier alpha value is -2.83. The molecule has 3 N–H and O–H groups in total. The summed E-state index contributed by atoms with van der Waals surface area (Å²) in [5, 5.41) is 31.2. The van der Waals surface area contributed by atoms with Crippen LogP contribution in [-0.2, 0) is 11.8 Å². The molecule has 0 bridgehead atoms. The number of aliphatic hydroxyl groups is 2. The smallest absolute Gasteiger partial charge is 0.335 e. The molecular weight excluding hydrogens is 420 g/mol. The molecule has 6 heteroatoms. The third-order valence-electron chi connectivity index (χ3n) is 7.74. The van der Waals surface area contributed by atoms with Crippen LogP contribution in [0.2, 0.25) is 0 Å². The molecule has 0 spiro atoms. The van der Waals surface area contributed by atoms with Crippen LogP contribution in [0.15, 0.2) is 54.6 Å². The molecule has 0 radical (unpaired) electrons. The van der Waals surface area contributed by atoms with Crippen molar-refractivity contribution in [2.45, 2.75) is 55.8 Å². The summed E-state index contributed by atoms with van der Waals surface area (Å²) in [6, 6.07) is 12.9. The number of carboxylic acids is 1. The van der Waals surface area contributed by atoms with E-state index in [1.807, 2.05) is 42.5 Å². The number of benzene rings is 2. The quantitative estimate of drug-likeness (QED) is 0.581. The summed E-state index contributed by atoms with van der Waals surface area (Å²) in [7, 11) is 1.64. The van der Waals surface area contributed by atoms with Crippen molar-refractivity contribution < 1.29 is 29.6 Å². The Morgan fingerprint density at radius 3 is 2.79 bits per heavy atom. The first-order chi connectivity index (χ1) is 15.9. The molecule has 6 nitrogen and oxygen atoms in total. The summed E-state index contributed by atoms with van der Waals surface area (Å²) in [4.78, 5) is 11.3. The maximum Gasteiger partial charge on any atom is 0.335 e. The van der Waals surface area contributed by atoms with Crippen molar-refractivity contribution in [2.75, 3.05) is 7.11 Å². The minimum Gasteiger partial charge on any atom is -0.497 e. The lowest BCUT2D eigenvalue weighted by Crippen LogP contribution is -2.26. The van der Waals surface area contributed by atoms with E-state index >= 15 is 0 Å². The van der Waals surface area contributed by atoms with Crippen LogP contribution in [0.1, 0.15) is 47.2 Å². The largest absolute Gasteiger partial charge is 0.497 e. The van der Waals surface area contributed by atoms with Crippen molar-refractivity contribution in [2.24, 2.45) is 11.8 Å². The highest BCUT2D eigenvalue weighted by Gasteiger charge is 2.50. The predicted octanol–water partition coefficient (Wildman–Crippen LogP) is 3.73. The Morgan fingerprint density at radius 1 is 1.24 bits per heavy atom. The van der Waals surface area contributed by atoms with Gasteiger partial charge >= 0.3 is 5.97 Å². The van der Waals surface area contributed by atoms with Gasteiger partial charge in [0.25, 0.3) is 0 Å². The first-order valence-corrected chi connectivity index (χ1v) is 11.6. The molecule has 1 heterocycles. The monoisotopic (exact) mass is 450 g/mol. The molecule has 2 saturated carbocycles. The Bertz CT molecular complexity index is 1070. The average molecular weight is 451 g/mol. The van der Waals surface area contributed by atoms with Crippen LogP contribution in [0.25, 0.3) is 0 Å². The highest BCUT2D eigenvalue weighted by molar-refractivity contribution is 5.88. The van der Waals surface area contributed by atoms with Crippen LogP contribution >= 0.6 is 0 Å². The molecule has 3 aliphatic rings. The number of carboxylic acid groups (broad SMARTS) is 1. The summed E-state index contributed by atoms with van der Waals surface area (Å²) in [5.74, 6) is 0.406. The van der Waals surface area contributed by atoms with Gasteiger partial charge in [-0.1, -0.05) is 30.4 Å². The van der Waals surface area contributed by atoms with Gasteiger partial charge in [0, 0.05) is 23.7 Å². The normalized spacial score (nSPS) is 28.3. The highest BCUT2D eigenvalue weighted by atomic mass is 16.5. The van der Waals surface area contributed by atoms with E-state index in [4.69, 9.17) is 9.47 Å². The second kappa shape index (κ2) is 8.50. The minimum atomic E-state index is -0.978.